The number of aliphatic hydroxyl groups excluding tert-OH is 1. The molecular weight excluding hydrogens is 244 g/mol. The van der Waals surface area contributed by atoms with Gasteiger partial charge in [-0.05, 0) is 13.0 Å². The highest BCUT2D eigenvalue weighted by Crippen LogP contribution is 2.37. The maximum Gasteiger partial charge on any atom is 0.188 e. The number of rotatable bonds is 5. The van der Waals surface area contributed by atoms with Crippen molar-refractivity contribution in [3.63, 3.8) is 0 Å². The van der Waals surface area contributed by atoms with E-state index in [9.17, 15) is 5.11 Å². The summed E-state index contributed by atoms with van der Waals surface area (Å²) in [5.41, 5.74) is 0.763. The first-order chi connectivity index (χ1) is 9.19. The number of benzene rings is 2. The van der Waals surface area contributed by atoms with Gasteiger partial charge in [-0.15, -0.1) is 0 Å². The highest BCUT2D eigenvalue weighted by Gasteiger charge is 2.14. The lowest BCUT2D eigenvalue weighted by Gasteiger charge is -2.15. The normalized spacial score (nSPS) is 12.4. The molecule has 0 saturated heterocycles. The molecule has 0 aliphatic rings. The summed E-state index contributed by atoms with van der Waals surface area (Å²) in [6, 6.07) is 9.49. The molecule has 1 atom stereocenters. The van der Waals surface area contributed by atoms with Gasteiger partial charge in [-0.2, -0.15) is 0 Å². The molecule has 0 amide bonds. The number of fused-ring (bicyclic) bond motifs is 1. The molecule has 0 saturated carbocycles. The van der Waals surface area contributed by atoms with Gasteiger partial charge in [0.05, 0.1) is 13.2 Å². The van der Waals surface area contributed by atoms with Gasteiger partial charge in [0.2, 0.25) is 0 Å². The molecular formula is C15H18O4. The second-order valence-corrected chi connectivity index (χ2v) is 4.27. The SMILES string of the molecule is COCOc1cccc2c(OC)c([C@@H](C)O)ccc12. The van der Waals surface area contributed by atoms with Gasteiger partial charge in [-0.3, -0.25) is 0 Å². The van der Waals surface area contributed by atoms with E-state index in [0.717, 1.165) is 22.1 Å². The van der Waals surface area contributed by atoms with E-state index in [1.54, 1.807) is 21.1 Å². The molecule has 2 aromatic rings. The van der Waals surface area contributed by atoms with Crippen LogP contribution in [0, 0.1) is 0 Å². The predicted molar refractivity (Wildman–Crippen MR) is 73.6 cm³/mol. The van der Waals surface area contributed by atoms with Gasteiger partial charge in [-0.1, -0.05) is 24.3 Å². The van der Waals surface area contributed by atoms with Crippen molar-refractivity contribution in [3.8, 4) is 11.5 Å². The zero-order valence-electron chi connectivity index (χ0n) is 11.3. The minimum atomic E-state index is -0.581. The Kier molecular flexibility index (Phi) is 4.24. The van der Waals surface area contributed by atoms with Gasteiger partial charge in [0, 0.05) is 23.4 Å². The first-order valence-electron chi connectivity index (χ1n) is 6.08. The van der Waals surface area contributed by atoms with Crippen LogP contribution in [0.2, 0.25) is 0 Å². The van der Waals surface area contributed by atoms with E-state index in [0.29, 0.717) is 5.75 Å². The fourth-order valence-corrected chi connectivity index (χ4v) is 2.12. The van der Waals surface area contributed by atoms with Crippen LogP contribution in [0.1, 0.15) is 18.6 Å². The van der Waals surface area contributed by atoms with Crippen LogP contribution in [-0.4, -0.2) is 26.1 Å². The third kappa shape index (κ3) is 2.64. The molecule has 19 heavy (non-hydrogen) atoms. The van der Waals surface area contributed by atoms with Crippen molar-refractivity contribution in [3.05, 3.63) is 35.9 Å². The third-order valence-corrected chi connectivity index (χ3v) is 2.99. The quantitative estimate of drug-likeness (QED) is 0.842. The van der Waals surface area contributed by atoms with E-state index in [-0.39, 0.29) is 6.79 Å². The maximum atomic E-state index is 9.77. The van der Waals surface area contributed by atoms with Crippen molar-refractivity contribution in [1.82, 2.24) is 0 Å². The van der Waals surface area contributed by atoms with Crippen LogP contribution in [0.5, 0.6) is 11.5 Å². The van der Waals surface area contributed by atoms with E-state index in [1.807, 2.05) is 30.3 Å². The summed E-state index contributed by atoms with van der Waals surface area (Å²) < 4.78 is 15.9. The fourth-order valence-electron chi connectivity index (χ4n) is 2.12. The van der Waals surface area contributed by atoms with Crippen LogP contribution < -0.4 is 9.47 Å². The molecule has 4 nitrogen and oxygen atoms in total. The summed E-state index contributed by atoms with van der Waals surface area (Å²) in [7, 11) is 3.18. The van der Waals surface area contributed by atoms with Crippen molar-refractivity contribution in [1.29, 1.82) is 0 Å². The lowest BCUT2D eigenvalue weighted by molar-refractivity contribution is 0.0522. The Labute approximate surface area is 112 Å². The minimum Gasteiger partial charge on any atom is -0.496 e. The van der Waals surface area contributed by atoms with Gasteiger partial charge < -0.3 is 19.3 Å². The lowest BCUT2D eigenvalue weighted by atomic mass is 10.0. The zero-order valence-corrected chi connectivity index (χ0v) is 11.3. The Bertz CT molecular complexity index is 563. The molecule has 1 N–H and O–H groups in total. The Morgan fingerprint density at radius 1 is 1.11 bits per heavy atom. The second-order valence-electron chi connectivity index (χ2n) is 4.27. The van der Waals surface area contributed by atoms with Crippen molar-refractivity contribution < 1.29 is 19.3 Å². The summed E-state index contributed by atoms with van der Waals surface area (Å²) in [4.78, 5) is 0. The van der Waals surface area contributed by atoms with Crippen molar-refractivity contribution in [2.24, 2.45) is 0 Å². The second kappa shape index (κ2) is 5.91. The van der Waals surface area contributed by atoms with E-state index in [4.69, 9.17) is 14.2 Å². The molecule has 0 aromatic heterocycles. The predicted octanol–water partition coefficient (Wildman–Crippen LogP) is 2.88. The Hall–Kier alpha value is -1.78. The van der Waals surface area contributed by atoms with Crippen LogP contribution in [0.15, 0.2) is 30.3 Å². The van der Waals surface area contributed by atoms with Crippen molar-refractivity contribution >= 4 is 10.8 Å². The monoisotopic (exact) mass is 262 g/mol. The largest absolute Gasteiger partial charge is 0.496 e. The van der Waals surface area contributed by atoms with E-state index < -0.39 is 6.10 Å². The molecule has 0 bridgehead atoms. The molecule has 2 aromatic carbocycles. The van der Waals surface area contributed by atoms with Crippen LogP contribution in [0.4, 0.5) is 0 Å². The standard InChI is InChI=1S/C15H18O4/c1-10(16)11-7-8-12-13(15(11)18-3)5-4-6-14(12)19-9-17-2/h4-8,10,16H,9H2,1-3H3/t10-/m1/s1. The third-order valence-electron chi connectivity index (χ3n) is 2.99. The lowest BCUT2D eigenvalue weighted by Crippen LogP contribution is -2.01. The average Bonchev–Trinajstić information content (AvgIpc) is 2.43. The molecule has 0 aliphatic heterocycles. The number of hydrogen-bond acceptors (Lipinski definition) is 4. The van der Waals surface area contributed by atoms with E-state index in [2.05, 4.69) is 0 Å². The number of hydrogen-bond donors (Lipinski definition) is 1. The Balaban J connectivity index is 2.60. The average molecular weight is 262 g/mol. The van der Waals surface area contributed by atoms with Crippen LogP contribution >= 0.6 is 0 Å². The van der Waals surface area contributed by atoms with Crippen LogP contribution in [0.25, 0.3) is 10.8 Å². The van der Waals surface area contributed by atoms with E-state index >= 15 is 0 Å². The summed E-state index contributed by atoms with van der Waals surface area (Å²) in [6.45, 7) is 1.91. The van der Waals surface area contributed by atoms with Crippen molar-refractivity contribution in [2.75, 3.05) is 21.0 Å². The molecule has 0 fully saturated rings. The number of aliphatic hydroxyl groups is 1. The molecule has 0 spiro atoms. The highest BCUT2D eigenvalue weighted by molar-refractivity contribution is 5.94. The number of ether oxygens (including phenoxy) is 3. The van der Waals surface area contributed by atoms with Gasteiger partial charge in [0.1, 0.15) is 11.5 Å². The molecule has 4 heteroatoms. The highest BCUT2D eigenvalue weighted by atomic mass is 16.7. The molecule has 0 heterocycles. The first-order valence-corrected chi connectivity index (χ1v) is 6.08. The molecule has 102 valence electrons. The molecule has 0 radical (unpaired) electrons. The Morgan fingerprint density at radius 3 is 2.53 bits per heavy atom. The summed E-state index contributed by atoms with van der Waals surface area (Å²) in [5.74, 6) is 1.41. The van der Waals surface area contributed by atoms with Crippen LogP contribution in [0.3, 0.4) is 0 Å². The van der Waals surface area contributed by atoms with Crippen molar-refractivity contribution in [2.45, 2.75) is 13.0 Å². The molecule has 0 aliphatic carbocycles. The summed E-state index contributed by atoms with van der Waals surface area (Å²) in [5, 5.41) is 11.6. The van der Waals surface area contributed by atoms with Gasteiger partial charge >= 0.3 is 0 Å². The minimum absolute atomic E-state index is 0.194. The smallest absolute Gasteiger partial charge is 0.188 e. The fraction of sp³-hybridized carbons (Fsp3) is 0.333. The summed E-state index contributed by atoms with van der Waals surface area (Å²) >= 11 is 0. The topological polar surface area (TPSA) is 47.9 Å². The Morgan fingerprint density at radius 2 is 1.89 bits per heavy atom. The summed E-state index contributed by atoms with van der Waals surface area (Å²) in [6.07, 6.45) is -0.581. The van der Waals surface area contributed by atoms with E-state index in [1.165, 1.54) is 0 Å². The van der Waals surface area contributed by atoms with Gasteiger partial charge in [0.25, 0.3) is 0 Å². The first kappa shape index (κ1) is 13.6. The molecule has 0 unspecified atom stereocenters. The molecule has 2 rings (SSSR count). The van der Waals surface area contributed by atoms with Crippen LogP contribution in [-0.2, 0) is 4.74 Å². The zero-order chi connectivity index (χ0) is 13.8. The maximum absolute atomic E-state index is 9.77. The van der Waals surface area contributed by atoms with Gasteiger partial charge in [0.15, 0.2) is 6.79 Å². The van der Waals surface area contributed by atoms with Gasteiger partial charge in [-0.25, -0.2) is 0 Å². The number of methoxy groups -OCH3 is 2.